The fourth-order valence-corrected chi connectivity index (χ4v) is 1.96. The zero-order chi connectivity index (χ0) is 12.3. The lowest BCUT2D eigenvalue weighted by atomic mass is 10.0. The summed E-state index contributed by atoms with van der Waals surface area (Å²) in [5.41, 5.74) is 2.87. The van der Waals surface area contributed by atoms with Gasteiger partial charge in [-0.25, -0.2) is 0 Å². The smallest absolute Gasteiger partial charge is 0.167 e. The monoisotopic (exact) mass is 244 g/mol. The first-order valence-electron chi connectivity index (χ1n) is 5.49. The van der Waals surface area contributed by atoms with Crippen molar-refractivity contribution in [3.05, 3.63) is 70.2 Å². The van der Waals surface area contributed by atoms with Crippen LogP contribution in [0.2, 0.25) is 5.02 Å². The predicted octanol–water partition coefficient (Wildman–Crippen LogP) is 4.07. The molecule has 0 saturated carbocycles. The van der Waals surface area contributed by atoms with Gasteiger partial charge in [-0.3, -0.25) is 4.79 Å². The van der Waals surface area contributed by atoms with Crippen molar-refractivity contribution in [2.75, 3.05) is 0 Å². The number of Topliss-reactive ketones (excluding diaryl/α,β-unsaturated/α-hetero) is 1. The second-order valence-electron chi connectivity index (χ2n) is 4.10. The van der Waals surface area contributed by atoms with Gasteiger partial charge in [0.25, 0.3) is 0 Å². The summed E-state index contributed by atoms with van der Waals surface area (Å²) in [6.07, 6.45) is 0.419. The first kappa shape index (κ1) is 11.9. The first-order valence-corrected chi connectivity index (χ1v) is 5.87. The zero-order valence-corrected chi connectivity index (χ0v) is 10.4. The molecule has 2 heteroatoms. The lowest BCUT2D eigenvalue weighted by Gasteiger charge is -2.03. The molecule has 17 heavy (non-hydrogen) atoms. The largest absolute Gasteiger partial charge is 0.294 e. The Kier molecular flexibility index (Phi) is 3.60. The molecule has 0 aliphatic rings. The van der Waals surface area contributed by atoms with Gasteiger partial charge >= 0.3 is 0 Å². The van der Waals surface area contributed by atoms with Crippen molar-refractivity contribution in [3.8, 4) is 0 Å². The van der Waals surface area contributed by atoms with Crippen LogP contribution in [-0.2, 0) is 6.42 Å². The van der Waals surface area contributed by atoms with Crippen LogP contribution in [0.15, 0.2) is 48.5 Å². The number of benzene rings is 2. The van der Waals surface area contributed by atoms with Crippen molar-refractivity contribution in [1.29, 1.82) is 0 Å². The minimum atomic E-state index is 0.0955. The topological polar surface area (TPSA) is 17.1 Å². The number of rotatable bonds is 3. The minimum absolute atomic E-state index is 0.0955. The van der Waals surface area contributed by atoms with Gasteiger partial charge in [-0.2, -0.15) is 0 Å². The SMILES string of the molecule is Cc1cccc(CC(=O)c2cccc(Cl)c2)c1. The summed E-state index contributed by atoms with van der Waals surface area (Å²) < 4.78 is 0. The molecule has 0 saturated heterocycles. The molecule has 0 aliphatic heterocycles. The number of carbonyl (C=O) groups excluding carboxylic acids is 1. The van der Waals surface area contributed by atoms with Gasteiger partial charge in [0.2, 0.25) is 0 Å². The van der Waals surface area contributed by atoms with Crippen molar-refractivity contribution >= 4 is 17.4 Å². The fourth-order valence-electron chi connectivity index (χ4n) is 1.77. The highest BCUT2D eigenvalue weighted by atomic mass is 35.5. The lowest BCUT2D eigenvalue weighted by Crippen LogP contribution is -2.03. The molecule has 0 amide bonds. The Labute approximate surface area is 106 Å². The van der Waals surface area contributed by atoms with E-state index in [1.165, 1.54) is 5.56 Å². The Balaban J connectivity index is 2.17. The summed E-state index contributed by atoms with van der Waals surface area (Å²) in [5, 5.41) is 0.597. The summed E-state index contributed by atoms with van der Waals surface area (Å²) in [4.78, 5) is 12.0. The summed E-state index contributed by atoms with van der Waals surface area (Å²) in [7, 11) is 0. The van der Waals surface area contributed by atoms with Crippen LogP contribution in [0.5, 0.6) is 0 Å². The van der Waals surface area contributed by atoms with E-state index < -0.39 is 0 Å². The molecule has 86 valence electrons. The van der Waals surface area contributed by atoms with E-state index in [-0.39, 0.29) is 5.78 Å². The van der Waals surface area contributed by atoms with E-state index in [9.17, 15) is 4.79 Å². The van der Waals surface area contributed by atoms with Crippen molar-refractivity contribution in [3.63, 3.8) is 0 Å². The first-order chi connectivity index (χ1) is 8.15. The van der Waals surface area contributed by atoms with Gasteiger partial charge in [0.15, 0.2) is 5.78 Å². The molecule has 0 aromatic heterocycles. The van der Waals surface area contributed by atoms with E-state index in [4.69, 9.17) is 11.6 Å². The molecule has 0 atom stereocenters. The van der Waals surface area contributed by atoms with Gasteiger partial charge < -0.3 is 0 Å². The highest BCUT2D eigenvalue weighted by molar-refractivity contribution is 6.31. The maximum atomic E-state index is 12.0. The summed E-state index contributed by atoms with van der Waals surface area (Å²) >= 11 is 5.86. The normalized spacial score (nSPS) is 10.2. The average Bonchev–Trinajstić information content (AvgIpc) is 2.29. The third-order valence-corrected chi connectivity index (χ3v) is 2.83. The number of ketones is 1. The molecule has 0 spiro atoms. The predicted molar refractivity (Wildman–Crippen MR) is 70.7 cm³/mol. The quantitative estimate of drug-likeness (QED) is 0.744. The molecule has 0 bridgehead atoms. The molecule has 2 rings (SSSR count). The van der Waals surface area contributed by atoms with E-state index in [1.54, 1.807) is 24.3 Å². The average molecular weight is 245 g/mol. The summed E-state index contributed by atoms with van der Waals surface area (Å²) in [6, 6.07) is 15.1. The van der Waals surface area contributed by atoms with Crippen molar-refractivity contribution in [2.24, 2.45) is 0 Å². The van der Waals surface area contributed by atoms with Crippen LogP contribution < -0.4 is 0 Å². The standard InChI is InChI=1S/C15H13ClO/c1-11-4-2-5-12(8-11)9-15(17)13-6-3-7-14(16)10-13/h2-8,10H,9H2,1H3. The van der Waals surface area contributed by atoms with Gasteiger partial charge in [0.05, 0.1) is 0 Å². The van der Waals surface area contributed by atoms with Crippen molar-refractivity contribution in [1.82, 2.24) is 0 Å². The van der Waals surface area contributed by atoms with Crippen molar-refractivity contribution in [2.45, 2.75) is 13.3 Å². The van der Waals surface area contributed by atoms with Crippen LogP contribution in [-0.4, -0.2) is 5.78 Å². The zero-order valence-electron chi connectivity index (χ0n) is 9.61. The third-order valence-electron chi connectivity index (χ3n) is 2.59. The van der Waals surface area contributed by atoms with Gasteiger partial charge in [-0.1, -0.05) is 53.6 Å². The van der Waals surface area contributed by atoms with Gasteiger partial charge in [-0.15, -0.1) is 0 Å². The van der Waals surface area contributed by atoms with E-state index in [0.29, 0.717) is 17.0 Å². The molecule has 2 aromatic carbocycles. The highest BCUT2D eigenvalue weighted by Crippen LogP contribution is 2.14. The van der Waals surface area contributed by atoms with Crippen molar-refractivity contribution < 1.29 is 4.79 Å². The van der Waals surface area contributed by atoms with Crippen LogP contribution in [0, 0.1) is 6.92 Å². The molecule has 0 aliphatic carbocycles. The number of hydrogen-bond donors (Lipinski definition) is 0. The fraction of sp³-hybridized carbons (Fsp3) is 0.133. The molecule has 0 fully saturated rings. The minimum Gasteiger partial charge on any atom is -0.294 e. The van der Waals surface area contributed by atoms with Gasteiger partial charge in [-0.05, 0) is 24.6 Å². The Hall–Kier alpha value is -1.60. The second kappa shape index (κ2) is 5.15. The molecular formula is C15H13ClO. The molecule has 2 aromatic rings. The van der Waals surface area contributed by atoms with E-state index in [2.05, 4.69) is 0 Å². The maximum absolute atomic E-state index is 12.0. The molecule has 0 heterocycles. The van der Waals surface area contributed by atoms with Crippen LogP contribution >= 0.6 is 11.6 Å². The Morgan fingerprint density at radius 2 is 1.88 bits per heavy atom. The van der Waals surface area contributed by atoms with E-state index >= 15 is 0 Å². The number of aryl methyl sites for hydroxylation is 1. The number of carbonyl (C=O) groups is 1. The van der Waals surface area contributed by atoms with Crippen LogP contribution in [0.3, 0.4) is 0 Å². The number of halogens is 1. The summed E-state index contributed by atoms with van der Waals surface area (Å²) in [5.74, 6) is 0.0955. The molecule has 1 nitrogen and oxygen atoms in total. The molecule has 0 radical (unpaired) electrons. The lowest BCUT2D eigenvalue weighted by molar-refractivity contribution is 0.0993. The molecular weight excluding hydrogens is 232 g/mol. The molecule has 0 unspecified atom stereocenters. The Morgan fingerprint density at radius 3 is 2.59 bits per heavy atom. The van der Waals surface area contributed by atoms with Crippen LogP contribution in [0.1, 0.15) is 21.5 Å². The second-order valence-corrected chi connectivity index (χ2v) is 4.54. The third kappa shape index (κ3) is 3.18. The van der Waals surface area contributed by atoms with E-state index in [0.717, 1.165) is 5.56 Å². The number of hydrogen-bond acceptors (Lipinski definition) is 1. The maximum Gasteiger partial charge on any atom is 0.167 e. The van der Waals surface area contributed by atoms with Crippen LogP contribution in [0.4, 0.5) is 0 Å². The Bertz CT molecular complexity index is 546. The van der Waals surface area contributed by atoms with Gasteiger partial charge in [0, 0.05) is 17.0 Å². The Morgan fingerprint density at radius 1 is 1.12 bits per heavy atom. The van der Waals surface area contributed by atoms with Crippen LogP contribution in [0.25, 0.3) is 0 Å². The van der Waals surface area contributed by atoms with E-state index in [1.807, 2.05) is 31.2 Å². The van der Waals surface area contributed by atoms with Gasteiger partial charge in [0.1, 0.15) is 0 Å². The highest BCUT2D eigenvalue weighted by Gasteiger charge is 2.07. The summed E-state index contributed by atoms with van der Waals surface area (Å²) in [6.45, 7) is 2.02. The molecule has 0 N–H and O–H groups in total.